The van der Waals surface area contributed by atoms with Crippen molar-refractivity contribution in [2.45, 2.75) is 6.42 Å². The molecule has 0 saturated carbocycles. The number of rotatable bonds is 4. The van der Waals surface area contributed by atoms with Gasteiger partial charge in [0.2, 0.25) is 5.91 Å². The predicted molar refractivity (Wildman–Crippen MR) is 104 cm³/mol. The Hall–Kier alpha value is -3.73. The number of anilines is 1. The van der Waals surface area contributed by atoms with E-state index in [9.17, 15) is 14.4 Å². The van der Waals surface area contributed by atoms with Crippen molar-refractivity contribution in [2.24, 2.45) is 0 Å². The summed E-state index contributed by atoms with van der Waals surface area (Å²) >= 11 is 0. The Morgan fingerprint density at radius 2 is 1.66 bits per heavy atom. The van der Waals surface area contributed by atoms with Crippen LogP contribution in [-0.4, -0.2) is 65.2 Å². The molecule has 2 aromatic rings. The van der Waals surface area contributed by atoms with E-state index in [1.165, 1.54) is 6.20 Å². The first-order chi connectivity index (χ1) is 14.1. The number of aromatic nitrogens is 1. The van der Waals surface area contributed by atoms with Gasteiger partial charge in [0.1, 0.15) is 11.9 Å². The lowest BCUT2D eigenvalue weighted by Gasteiger charge is -2.35. The highest BCUT2D eigenvalue weighted by molar-refractivity contribution is 6.21. The smallest absolute Gasteiger partial charge is 0.261 e. The fourth-order valence-electron chi connectivity index (χ4n) is 3.63. The van der Waals surface area contributed by atoms with Crippen LogP contribution in [0.25, 0.3) is 0 Å². The Labute approximate surface area is 168 Å². The zero-order chi connectivity index (χ0) is 20.4. The second-order valence-corrected chi connectivity index (χ2v) is 6.94. The summed E-state index contributed by atoms with van der Waals surface area (Å²) in [5.74, 6) is 0.0290. The van der Waals surface area contributed by atoms with Crippen LogP contribution in [0.15, 0.2) is 42.6 Å². The van der Waals surface area contributed by atoms with Crippen molar-refractivity contribution in [1.29, 1.82) is 5.26 Å². The SMILES string of the molecule is N#Cc1ccc(N2CCN(C(=O)CCN3C(=O)c4ccccc4C3=O)CC2)nc1. The van der Waals surface area contributed by atoms with Gasteiger partial charge in [-0.2, -0.15) is 5.26 Å². The van der Waals surface area contributed by atoms with E-state index >= 15 is 0 Å². The monoisotopic (exact) mass is 389 g/mol. The molecule has 8 heteroatoms. The van der Waals surface area contributed by atoms with Crippen LogP contribution < -0.4 is 4.90 Å². The summed E-state index contributed by atoms with van der Waals surface area (Å²) in [7, 11) is 0. The van der Waals surface area contributed by atoms with Crippen molar-refractivity contribution < 1.29 is 14.4 Å². The molecule has 3 amide bonds. The molecule has 8 nitrogen and oxygen atoms in total. The normalized spacial score (nSPS) is 16.0. The minimum Gasteiger partial charge on any atom is -0.353 e. The molecule has 1 aromatic carbocycles. The molecule has 1 saturated heterocycles. The van der Waals surface area contributed by atoms with Gasteiger partial charge in [0.15, 0.2) is 0 Å². The van der Waals surface area contributed by atoms with Crippen LogP contribution in [0.4, 0.5) is 5.82 Å². The summed E-state index contributed by atoms with van der Waals surface area (Å²) in [6.07, 6.45) is 1.65. The fraction of sp³-hybridized carbons (Fsp3) is 0.286. The van der Waals surface area contributed by atoms with E-state index in [4.69, 9.17) is 5.26 Å². The number of nitriles is 1. The number of amides is 3. The van der Waals surface area contributed by atoms with Crippen LogP contribution in [-0.2, 0) is 4.79 Å². The highest BCUT2D eigenvalue weighted by Gasteiger charge is 2.35. The Balaban J connectivity index is 1.30. The summed E-state index contributed by atoms with van der Waals surface area (Å²) in [6.45, 7) is 2.45. The number of nitrogens with zero attached hydrogens (tertiary/aromatic N) is 5. The topological polar surface area (TPSA) is 97.6 Å². The molecule has 29 heavy (non-hydrogen) atoms. The van der Waals surface area contributed by atoms with E-state index in [1.54, 1.807) is 41.3 Å². The molecule has 2 aliphatic rings. The minimum absolute atomic E-state index is 0.0750. The summed E-state index contributed by atoms with van der Waals surface area (Å²) in [4.78, 5) is 46.6. The number of fused-ring (bicyclic) bond motifs is 1. The van der Waals surface area contributed by atoms with E-state index in [0.717, 1.165) is 10.7 Å². The molecule has 2 aliphatic heterocycles. The lowest BCUT2D eigenvalue weighted by atomic mass is 10.1. The van der Waals surface area contributed by atoms with E-state index in [0.29, 0.717) is 42.9 Å². The van der Waals surface area contributed by atoms with Crippen LogP contribution in [0, 0.1) is 11.3 Å². The molecular formula is C21H19N5O3. The van der Waals surface area contributed by atoms with Gasteiger partial charge in [-0.3, -0.25) is 19.3 Å². The van der Waals surface area contributed by atoms with Gasteiger partial charge in [0, 0.05) is 45.3 Å². The van der Waals surface area contributed by atoms with E-state index in [-0.39, 0.29) is 30.7 Å². The standard InChI is InChI=1S/C21H19N5O3/c22-13-15-5-6-18(23-14-15)24-9-11-25(12-10-24)19(27)7-8-26-20(28)16-3-1-2-4-17(16)21(26)29/h1-6,14H,7-12H2. The summed E-state index contributed by atoms with van der Waals surface area (Å²) in [6, 6.07) is 12.3. The van der Waals surface area contributed by atoms with Crippen molar-refractivity contribution in [2.75, 3.05) is 37.6 Å². The third-order valence-corrected chi connectivity index (χ3v) is 5.26. The van der Waals surface area contributed by atoms with Gasteiger partial charge in [-0.25, -0.2) is 4.98 Å². The minimum atomic E-state index is -0.338. The molecule has 0 unspecified atom stereocenters. The van der Waals surface area contributed by atoms with Gasteiger partial charge in [-0.1, -0.05) is 12.1 Å². The van der Waals surface area contributed by atoms with Crippen molar-refractivity contribution in [3.8, 4) is 6.07 Å². The maximum absolute atomic E-state index is 12.6. The number of carbonyl (C=O) groups excluding carboxylic acids is 3. The summed E-state index contributed by atoms with van der Waals surface area (Å²) in [5, 5.41) is 8.85. The van der Waals surface area contributed by atoms with E-state index in [2.05, 4.69) is 9.88 Å². The van der Waals surface area contributed by atoms with Crippen LogP contribution in [0.2, 0.25) is 0 Å². The van der Waals surface area contributed by atoms with Gasteiger partial charge in [-0.05, 0) is 24.3 Å². The Morgan fingerprint density at radius 3 is 2.21 bits per heavy atom. The van der Waals surface area contributed by atoms with Gasteiger partial charge in [0.05, 0.1) is 16.7 Å². The molecule has 0 radical (unpaired) electrons. The van der Waals surface area contributed by atoms with Crippen LogP contribution >= 0.6 is 0 Å². The average Bonchev–Trinajstić information content (AvgIpc) is 3.02. The van der Waals surface area contributed by atoms with Crippen LogP contribution in [0.1, 0.15) is 32.7 Å². The lowest BCUT2D eigenvalue weighted by molar-refractivity contribution is -0.131. The van der Waals surface area contributed by atoms with Gasteiger partial charge < -0.3 is 9.80 Å². The second kappa shape index (κ2) is 7.72. The summed E-state index contributed by atoms with van der Waals surface area (Å²) < 4.78 is 0. The van der Waals surface area contributed by atoms with Crippen molar-refractivity contribution in [3.05, 3.63) is 59.3 Å². The number of imide groups is 1. The molecule has 146 valence electrons. The lowest BCUT2D eigenvalue weighted by Crippen LogP contribution is -2.49. The van der Waals surface area contributed by atoms with Gasteiger partial charge in [0.25, 0.3) is 11.8 Å². The second-order valence-electron chi connectivity index (χ2n) is 6.94. The number of pyridine rings is 1. The predicted octanol–water partition coefficient (Wildman–Crippen LogP) is 1.29. The van der Waals surface area contributed by atoms with Gasteiger partial charge in [-0.15, -0.1) is 0 Å². The zero-order valence-corrected chi connectivity index (χ0v) is 15.7. The highest BCUT2D eigenvalue weighted by atomic mass is 16.2. The van der Waals surface area contributed by atoms with Crippen LogP contribution in [0.3, 0.4) is 0 Å². The molecule has 3 heterocycles. The van der Waals surface area contributed by atoms with Crippen LogP contribution in [0.5, 0.6) is 0 Å². The van der Waals surface area contributed by atoms with Gasteiger partial charge >= 0.3 is 0 Å². The van der Waals surface area contributed by atoms with E-state index in [1.807, 2.05) is 6.07 Å². The molecule has 1 aromatic heterocycles. The Kier molecular flexibility index (Phi) is 4.96. The first kappa shape index (κ1) is 18.6. The molecule has 0 aliphatic carbocycles. The number of hydrogen-bond donors (Lipinski definition) is 0. The molecule has 0 N–H and O–H groups in total. The molecule has 0 spiro atoms. The first-order valence-corrected chi connectivity index (χ1v) is 9.42. The Bertz CT molecular complexity index is 969. The number of carbonyl (C=O) groups is 3. The van der Waals surface area contributed by atoms with E-state index < -0.39 is 0 Å². The third-order valence-electron chi connectivity index (χ3n) is 5.26. The molecule has 1 fully saturated rings. The van der Waals surface area contributed by atoms with Crippen molar-refractivity contribution >= 4 is 23.5 Å². The Morgan fingerprint density at radius 1 is 1.00 bits per heavy atom. The fourth-order valence-corrected chi connectivity index (χ4v) is 3.63. The highest BCUT2D eigenvalue weighted by Crippen LogP contribution is 2.22. The quantitative estimate of drug-likeness (QED) is 0.731. The van der Waals surface area contributed by atoms with Crippen molar-refractivity contribution in [3.63, 3.8) is 0 Å². The maximum Gasteiger partial charge on any atom is 0.261 e. The molecular weight excluding hydrogens is 370 g/mol. The average molecular weight is 389 g/mol. The molecule has 0 bridgehead atoms. The molecule has 4 rings (SSSR count). The third kappa shape index (κ3) is 3.55. The number of hydrogen-bond acceptors (Lipinski definition) is 6. The number of benzene rings is 1. The summed E-state index contributed by atoms with van der Waals surface area (Å²) in [5.41, 5.74) is 1.30. The maximum atomic E-state index is 12.6. The number of piperazine rings is 1. The first-order valence-electron chi connectivity index (χ1n) is 9.42. The zero-order valence-electron chi connectivity index (χ0n) is 15.7. The van der Waals surface area contributed by atoms with Crippen molar-refractivity contribution in [1.82, 2.24) is 14.8 Å². The molecule has 0 atom stereocenters. The largest absolute Gasteiger partial charge is 0.353 e.